The zero-order chi connectivity index (χ0) is 9.68. The molecular formula is C10H21N3. The first-order valence-electron chi connectivity index (χ1n) is 5.33. The lowest BCUT2D eigenvalue weighted by Gasteiger charge is -2.28. The first-order valence-corrected chi connectivity index (χ1v) is 5.33. The van der Waals surface area contributed by atoms with Gasteiger partial charge in [0.2, 0.25) is 0 Å². The summed E-state index contributed by atoms with van der Waals surface area (Å²) in [6.07, 6.45) is 6.18. The topological polar surface area (TPSA) is 53.1 Å². The van der Waals surface area contributed by atoms with Crippen molar-refractivity contribution in [2.24, 2.45) is 5.73 Å². The number of nitrogens with two attached hydrogens (primary N) is 1. The second-order valence-corrected chi connectivity index (χ2v) is 3.83. The number of rotatable bonds is 3. The van der Waals surface area contributed by atoms with E-state index in [1.54, 1.807) is 0 Å². The SMILES string of the molecule is CCC(C(=N)N)N1CCCCCC1. The number of hydrogen-bond acceptors (Lipinski definition) is 2. The van der Waals surface area contributed by atoms with Crippen LogP contribution in [0.15, 0.2) is 0 Å². The molecule has 0 aromatic carbocycles. The summed E-state index contributed by atoms with van der Waals surface area (Å²) in [4.78, 5) is 2.37. The average molecular weight is 183 g/mol. The van der Waals surface area contributed by atoms with Crippen molar-refractivity contribution in [3.63, 3.8) is 0 Å². The highest BCUT2D eigenvalue weighted by Gasteiger charge is 2.19. The minimum atomic E-state index is 0.193. The Morgan fingerprint density at radius 3 is 2.23 bits per heavy atom. The Balaban J connectivity index is 2.50. The largest absolute Gasteiger partial charge is 0.386 e. The standard InChI is InChI=1S/C10H21N3/c1-2-9(10(11)12)13-7-5-3-4-6-8-13/h9H,2-8H2,1H3,(H3,11,12). The Morgan fingerprint density at radius 2 is 1.85 bits per heavy atom. The van der Waals surface area contributed by atoms with Crippen LogP contribution < -0.4 is 5.73 Å². The molecule has 3 nitrogen and oxygen atoms in total. The molecule has 0 bridgehead atoms. The lowest BCUT2D eigenvalue weighted by atomic mass is 10.1. The van der Waals surface area contributed by atoms with Gasteiger partial charge in [0.25, 0.3) is 0 Å². The first kappa shape index (κ1) is 10.5. The van der Waals surface area contributed by atoms with Crippen molar-refractivity contribution in [3.05, 3.63) is 0 Å². The highest BCUT2D eigenvalue weighted by molar-refractivity contribution is 5.82. The zero-order valence-corrected chi connectivity index (χ0v) is 8.55. The smallest absolute Gasteiger partial charge is 0.108 e. The molecule has 1 aliphatic rings. The molecule has 1 heterocycles. The van der Waals surface area contributed by atoms with Crippen LogP contribution in [0.4, 0.5) is 0 Å². The summed E-state index contributed by atoms with van der Waals surface area (Å²) >= 11 is 0. The maximum absolute atomic E-state index is 7.50. The first-order chi connectivity index (χ1) is 6.25. The fraction of sp³-hybridized carbons (Fsp3) is 0.900. The fourth-order valence-corrected chi connectivity index (χ4v) is 2.08. The Morgan fingerprint density at radius 1 is 1.31 bits per heavy atom. The van der Waals surface area contributed by atoms with Crippen molar-refractivity contribution < 1.29 is 0 Å². The number of nitrogens with zero attached hydrogens (tertiary/aromatic N) is 1. The van der Waals surface area contributed by atoms with Gasteiger partial charge in [-0.25, -0.2) is 0 Å². The van der Waals surface area contributed by atoms with E-state index in [9.17, 15) is 0 Å². The van der Waals surface area contributed by atoms with Gasteiger partial charge in [-0.15, -0.1) is 0 Å². The quantitative estimate of drug-likeness (QED) is 0.515. The van der Waals surface area contributed by atoms with Gasteiger partial charge in [0.05, 0.1) is 6.04 Å². The van der Waals surface area contributed by atoms with Crippen LogP contribution in [-0.2, 0) is 0 Å². The van der Waals surface area contributed by atoms with E-state index in [2.05, 4.69) is 11.8 Å². The Bertz CT molecular complexity index is 160. The molecule has 0 spiro atoms. The van der Waals surface area contributed by atoms with E-state index in [0.29, 0.717) is 5.84 Å². The summed E-state index contributed by atoms with van der Waals surface area (Å²) in [5.41, 5.74) is 5.57. The van der Waals surface area contributed by atoms with Gasteiger partial charge in [0.15, 0.2) is 0 Å². The molecule has 1 aliphatic heterocycles. The molecular weight excluding hydrogens is 162 g/mol. The zero-order valence-electron chi connectivity index (χ0n) is 8.55. The molecule has 3 heteroatoms. The second-order valence-electron chi connectivity index (χ2n) is 3.83. The van der Waals surface area contributed by atoms with Crippen molar-refractivity contribution in [1.29, 1.82) is 5.41 Å². The maximum Gasteiger partial charge on any atom is 0.108 e. The van der Waals surface area contributed by atoms with Crippen LogP contribution in [0.5, 0.6) is 0 Å². The summed E-state index contributed by atoms with van der Waals surface area (Å²) in [5, 5.41) is 7.50. The van der Waals surface area contributed by atoms with Crippen LogP contribution in [0.1, 0.15) is 39.0 Å². The minimum absolute atomic E-state index is 0.193. The van der Waals surface area contributed by atoms with Gasteiger partial charge in [0.1, 0.15) is 5.84 Å². The van der Waals surface area contributed by atoms with Crippen molar-refractivity contribution in [2.45, 2.75) is 45.1 Å². The summed E-state index contributed by atoms with van der Waals surface area (Å²) in [7, 11) is 0. The maximum atomic E-state index is 7.50. The number of hydrogen-bond donors (Lipinski definition) is 2. The summed E-state index contributed by atoms with van der Waals surface area (Å²) < 4.78 is 0. The molecule has 0 aromatic rings. The third kappa shape index (κ3) is 2.99. The molecule has 1 fully saturated rings. The highest BCUT2D eigenvalue weighted by Crippen LogP contribution is 2.13. The van der Waals surface area contributed by atoms with Gasteiger partial charge in [0, 0.05) is 0 Å². The second kappa shape index (κ2) is 5.22. The molecule has 0 saturated carbocycles. The van der Waals surface area contributed by atoms with Crippen LogP contribution in [0.3, 0.4) is 0 Å². The van der Waals surface area contributed by atoms with E-state index >= 15 is 0 Å². The van der Waals surface area contributed by atoms with Crippen LogP contribution in [0.25, 0.3) is 0 Å². The van der Waals surface area contributed by atoms with Crippen molar-refractivity contribution >= 4 is 5.84 Å². The van der Waals surface area contributed by atoms with E-state index in [1.807, 2.05) is 0 Å². The normalized spacial score (nSPS) is 22.2. The van der Waals surface area contributed by atoms with Gasteiger partial charge in [-0.05, 0) is 32.4 Å². The molecule has 1 unspecified atom stereocenters. The van der Waals surface area contributed by atoms with Gasteiger partial charge in [-0.1, -0.05) is 19.8 Å². The molecule has 13 heavy (non-hydrogen) atoms. The molecule has 76 valence electrons. The van der Waals surface area contributed by atoms with Gasteiger partial charge >= 0.3 is 0 Å². The predicted octanol–water partition coefficient (Wildman–Crippen LogP) is 1.58. The number of amidine groups is 1. The third-order valence-electron chi connectivity index (χ3n) is 2.83. The lowest BCUT2D eigenvalue weighted by molar-refractivity contribution is 0.245. The van der Waals surface area contributed by atoms with Crippen LogP contribution >= 0.6 is 0 Å². The van der Waals surface area contributed by atoms with E-state index in [0.717, 1.165) is 19.5 Å². The van der Waals surface area contributed by atoms with Gasteiger partial charge < -0.3 is 5.73 Å². The van der Waals surface area contributed by atoms with Crippen molar-refractivity contribution in [2.75, 3.05) is 13.1 Å². The molecule has 0 radical (unpaired) electrons. The van der Waals surface area contributed by atoms with Gasteiger partial charge in [-0.2, -0.15) is 0 Å². The molecule has 1 atom stereocenters. The molecule has 0 aliphatic carbocycles. The molecule has 0 amide bonds. The third-order valence-corrected chi connectivity index (χ3v) is 2.83. The Hall–Kier alpha value is -0.570. The number of likely N-dealkylation sites (tertiary alicyclic amines) is 1. The molecule has 3 N–H and O–H groups in total. The Labute approximate surface area is 80.8 Å². The van der Waals surface area contributed by atoms with E-state index in [1.165, 1.54) is 25.7 Å². The van der Waals surface area contributed by atoms with Crippen molar-refractivity contribution in [3.8, 4) is 0 Å². The average Bonchev–Trinajstić information content (AvgIpc) is 2.33. The summed E-state index contributed by atoms with van der Waals surface area (Å²) in [6.45, 7) is 4.35. The fourth-order valence-electron chi connectivity index (χ4n) is 2.08. The Kier molecular flexibility index (Phi) is 4.22. The van der Waals surface area contributed by atoms with Gasteiger partial charge in [-0.3, -0.25) is 10.3 Å². The molecule has 1 saturated heterocycles. The van der Waals surface area contributed by atoms with Crippen molar-refractivity contribution in [1.82, 2.24) is 4.90 Å². The lowest BCUT2D eigenvalue weighted by Crippen LogP contribution is -2.44. The highest BCUT2D eigenvalue weighted by atomic mass is 15.2. The number of nitrogens with one attached hydrogen (secondary N) is 1. The molecule has 1 rings (SSSR count). The summed E-state index contributed by atoms with van der Waals surface area (Å²) in [6, 6.07) is 0.193. The van der Waals surface area contributed by atoms with Crippen LogP contribution in [0, 0.1) is 5.41 Å². The minimum Gasteiger partial charge on any atom is -0.386 e. The van der Waals surface area contributed by atoms with E-state index in [-0.39, 0.29) is 6.04 Å². The molecule has 0 aromatic heterocycles. The summed E-state index contributed by atoms with van der Waals surface area (Å²) in [5.74, 6) is 0.337. The van der Waals surface area contributed by atoms with Crippen LogP contribution in [0.2, 0.25) is 0 Å². The van der Waals surface area contributed by atoms with Crippen LogP contribution in [-0.4, -0.2) is 29.9 Å². The predicted molar refractivity (Wildman–Crippen MR) is 56.0 cm³/mol. The monoisotopic (exact) mass is 183 g/mol. The van der Waals surface area contributed by atoms with E-state index < -0.39 is 0 Å². The van der Waals surface area contributed by atoms with E-state index in [4.69, 9.17) is 11.1 Å².